The Bertz CT molecular complexity index is 567. The van der Waals surface area contributed by atoms with Gasteiger partial charge in [-0.3, -0.25) is 0 Å². The van der Waals surface area contributed by atoms with Crippen molar-refractivity contribution in [2.45, 2.75) is 39.3 Å². The number of nitrogens with one attached hydrogen (secondary N) is 1. The maximum absolute atomic E-state index is 12.2. The van der Waals surface area contributed by atoms with Gasteiger partial charge in [0.05, 0.1) is 6.54 Å². The van der Waals surface area contributed by atoms with Gasteiger partial charge in [0.1, 0.15) is 5.60 Å². The van der Waals surface area contributed by atoms with Gasteiger partial charge in [0, 0.05) is 12.2 Å². The van der Waals surface area contributed by atoms with E-state index in [1.807, 2.05) is 32.9 Å². The standard InChI is InChI=1S/C15H21N3O2S/c1-15(2,3)20-14(19)18-8-7-10-5-4-6-12(11(10)9-18)17-13(16)21/h4-6H,7-9H2,1-3H3,(H3,16,17,21). The molecule has 114 valence electrons. The van der Waals surface area contributed by atoms with Crippen LogP contribution in [0.25, 0.3) is 0 Å². The van der Waals surface area contributed by atoms with Crippen molar-refractivity contribution >= 4 is 29.1 Å². The summed E-state index contributed by atoms with van der Waals surface area (Å²) >= 11 is 4.90. The van der Waals surface area contributed by atoms with E-state index >= 15 is 0 Å². The molecule has 0 fully saturated rings. The minimum absolute atomic E-state index is 0.220. The Morgan fingerprint density at radius 2 is 2.14 bits per heavy atom. The molecule has 3 N–H and O–H groups in total. The number of nitrogens with two attached hydrogens (primary N) is 1. The smallest absolute Gasteiger partial charge is 0.410 e. The van der Waals surface area contributed by atoms with Crippen molar-refractivity contribution < 1.29 is 9.53 Å². The number of fused-ring (bicyclic) bond motifs is 1. The molecule has 0 spiro atoms. The molecule has 1 amide bonds. The second kappa shape index (κ2) is 5.89. The summed E-state index contributed by atoms with van der Waals surface area (Å²) in [7, 11) is 0. The topological polar surface area (TPSA) is 67.6 Å². The highest BCUT2D eigenvalue weighted by atomic mass is 32.1. The highest BCUT2D eigenvalue weighted by Crippen LogP contribution is 2.27. The molecule has 1 aromatic carbocycles. The van der Waals surface area contributed by atoms with Gasteiger partial charge >= 0.3 is 6.09 Å². The molecule has 0 aromatic heterocycles. The summed E-state index contributed by atoms with van der Waals surface area (Å²) in [6, 6.07) is 5.94. The van der Waals surface area contributed by atoms with Crippen LogP contribution in [0.1, 0.15) is 31.9 Å². The Morgan fingerprint density at radius 3 is 2.76 bits per heavy atom. The number of benzene rings is 1. The summed E-state index contributed by atoms with van der Waals surface area (Å²) in [6.07, 6.45) is 0.500. The number of amides is 1. The fraction of sp³-hybridized carbons (Fsp3) is 0.467. The van der Waals surface area contributed by atoms with E-state index in [1.165, 1.54) is 5.56 Å². The zero-order valence-corrected chi connectivity index (χ0v) is 13.4. The zero-order chi connectivity index (χ0) is 15.6. The second-order valence-electron chi connectivity index (χ2n) is 6.08. The third kappa shape index (κ3) is 4.07. The molecule has 0 saturated heterocycles. The predicted molar refractivity (Wildman–Crippen MR) is 87.2 cm³/mol. The SMILES string of the molecule is CC(C)(C)OC(=O)N1CCc2cccc(NC(N)=S)c2C1. The lowest BCUT2D eigenvalue weighted by molar-refractivity contribution is 0.0224. The van der Waals surface area contributed by atoms with Gasteiger partial charge in [-0.2, -0.15) is 0 Å². The molecule has 0 radical (unpaired) electrons. The first kappa shape index (κ1) is 15.6. The molecular weight excluding hydrogens is 286 g/mol. The minimum atomic E-state index is -0.492. The molecule has 1 aliphatic rings. The molecule has 0 atom stereocenters. The molecule has 1 aromatic rings. The van der Waals surface area contributed by atoms with Crippen molar-refractivity contribution in [3.05, 3.63) is 29.3 Å². The van der Waals surface area contributed by atoms with E-state index in [0.717, 1.165) is 17.7 Å². The van der Waals surface area contributed by atoms with Crippen LogP contribution in [0.4, 0.5) is 10.5 Å². The maximum atomic E-state index is 12.2. The van der Waals surface area contributed by atoms with Gasteiger partial charge in [0.2, 0.25) is 0 Å². The number of hydrogen-bond donors (Lipinski definition) is 2. The van der Waals surface area contributed by atoms with E-state index in [4.69, 9.17) is 22.7 Å². The summed E-state index contributed by atoms with van der Waals surface area (Å²) in [5.41, 5.74) is 8.16. The van der Waals surface area contributed by atoms with Gasteiger partial charge in [-0.05, 0) is 56.6 Å². The number of ether oxygens (including phenoxy) is 1. The van der Waals surface area contributed by atoms with E-state index < -0.39 is 5.60 Å². The molecular formula is C15H21N3O2S. The third-order valence-corrected chi connectivity index (χ3v) is 3.28. The lowest BCUT2D eigenvalue weighted by Crippen LogP contribution is -2.40. The van der Waals surface area contributed by atoms with Crippen molar-refractivity contribution in [3.63, 3.8) is 0 Å². The molecule has 1 heterocycles. The van der Waals surface area contributed by atoms with Crippen LogP contribution in [-0.4, -0.2) is 28.3 Å². The molecule has 2 rings (SSSR count). The summed E-state index contributed by atoms with van der Waals surface area (Å²) < 4.78 is 5.43. The van der Waals surface area contributed by atoms with Gasteiger partial charge in [0.25, 0.3) is 0 Å². The minimum Gasteiger partial charge on any atom is -0.444 e. The highest BCUT2D eigenvalue weighted by Gasteiger charge is 2.26. The fourth-order valence-corrected chi connectivity index (χ4v) is 2.42. The average Bonchev–Trinajstić information content (AvgIpc) is 2.36. The first-order chi connectivity index (χ1) is 9.76. The maximum Gasteiger partial charge on any atom is 0.410 e. The summed E-state index contributed by atoms with van der Waals surface area (Å²) in [6.45, 7) is 6.74. The van der Waals surface area contributed by atoms with Crippen LogP contribution in [0.5, 0.6) is 0 Å². The van der Waals surface area contributed by atoms with Gasteiger partial charge < -0.3 is 20.7 Å². The highest BCUT2D eigenvalue weighted by molar-refractivity contribution is 7.80. The number of anilines is 1. The van der Waals surface area contributed by atoms with E-state index in [0.29, 0.717) is 13.1 Å². The number of nitrogens with zero attached hydrogens (tertiary/aromatic N) is 1. The summed E-state index contributed by atoms with van der Waals surface area (Å²) in [5, 5.41) is 3.19. The normalized spacial score (nSPS) is 14.3. The van der Waals surface area contributed by atoms with Crippen LogP contribution in [0, 0.1) is 0 Å². The molecule has 6 heteroatoms. The third-order valence-electron chi connectivity index (χ3n) is 3.18. The van der Waals surface area contributed by atoms with Crippen LogP contribution < -0.4 is 11.1 Å². The lowest BCUT2D eigenvalue weighted by atomic mass is 9.98. The number of rotatable bonds is 1. The second-order valence-corrected chi connectivity index (χ2v) is 6.52. The largest absolute Gasteiger partial charge is 0.444 e. The van der Waals surface area contributed by atoms with Crippen molar-refractivity contribution in [1.29, 1.82) is 0 Å². The van der Waals surface area contributed by atoms with Crippen molar-refractivity contribution in [1.82, 2.24) is 4.90 Å². The summed E-state index contributed by atoms with van der Waals surface area (Å²) in [4.78, 5) is 13.9. The van der Waals surface area contributed by atoms with Crippen molar-refractivity contribution in [2.75, 3.05) is 11.9 Å². The Balaban J connectivity index is 2.19. The molecule has 1 aliphatic heterocycles. The van der Waals surface area contributed by atoms with Crippen LogP contribution in [0.3, 0.4) is 0 Å². The van der Waals surface area contributed by atoms with Gasteiger partial charge in [0.15, 0.2) is 5.11 Å². The van der Waals surface area contributed by atoms with Gasteiger partial charge in [-0.25, -0.2) is 4.79 Å². The Hall–Kier alpha value is -1.82. The number of thiocarbonyl (C=S) groups is 1. The lowest BCUT2D eigenvalue weighted by Gasteiger charge is -2.32. The monoisotopic (exact) mass is 307 g/mol. The van der Waals surface area contributed by atoms with Crippen molar-refractivity contribution in [3.8, 4) is 0 Å². The number of carbonyl (C=O) groups excluding carboxylic acids is 1. The van der Waals surface area contributed by atoms with Gasteiger partial charge in [-0.1, -0.05) is 12.1 Å². The Labute approximate surface area is 130 Å². The molecule has 0 aliphatic carbocycles. The zero-order valence-electron chi connectivity index (χ0n) is 12.6. The van der Waals surface area contributed by atoms with Crippen LogP contribution in [0.2, 0.25) is 0 Å². The Morgan fingerprint density at radius 1 is 1.43 bits per heavy atom. The van der Waals surface area contributed by atoms with E-state index in [1.54, 1.807) is 4.90 Å². The van der Waals surface area contributed by atoms with Crippen LogP contribution in [-0.2, 0) is 17.7 Å². The van der Waals surface area contributed by atoms with Crippen LogP contribution >= 0.6 is 12.2 Å². The van der Waals surface area contributed by atoms with Gasteiger partial charge in [-0.15, -0.1) is 0 Å². The summed E-state index contributed by atoms with van der Waals surface area (Å²) in [5.74, 6) is 0. The molecule has 0 bridgehead atoms. The quantitative estimate of drug-likeness (QED) is 0.781. The number of hydrogen-bond acceptors (Lipinski definition) is 3. The molecule has 0 unspecified atom stereocenters. The molecule has 5 nitrogen and oxygen atoms in total. The first-order valence-corrected chi connectivity index (χ1v) is 7.32. The fourth-order valence-electron chi connectivity index (χ4n) is 2.31. The number of carbonyl (C=O) groups is 1. The van der Waals surface area contributed by atoms with Crippen molar-refractivity contribution in [2.24, 2.45) is 5.73 Å². The predicted octanol–water partition coefficient (Wildman–Crippen LogP) is 2.64. The average molecular weight is 307 g/mol. The molecule has 0 saturated carbocycles. The first-order valence-electron chi connectivity index (χ1n) is 6.91. The Kier molecular flexibility index (Phi) is 4.37. The van der Waals surface area contributed by atoms with Crippen LogP contribution in [0.15, 0.2) is 18.2 Å². The van der Waals surface area contributed by atoms with E-state index in [2.05, 4.69) is 11.4 Å². The molecule has 21 heavy (non-hydrogen) atoms. The van der Waals surface area contributed by atoms with E-state index in [9.17, 15) is 4.79 Å². The van der Waals surface area contributed by atoms with E-state index in [-0.39, 0.29) is 11.2 Å².